The summed E-state index contributed by atoms with van der Waals surface area (Å²) < 4.78 is 0. The van der Waals surface area contributed by atoms with Crippen LogP contribution in [0.3, 0.4) is 0 Å². The molecule has 0 radical (unpaired) electrons. The van der Waals surface area contributed by atoms with Gasteiger partial charge >= 0.3 is 0 Å². The molecule has 1 saturated carbocycles. The Morgan fingerprint density at radius 2 is 2.00 bits per heavy atom. The Morgan fingerprint density at radius 1 is 1.35 bits per heavy atom. The van der Waals surface area contributed by atoms with E-state index in [9.17, 15) is 5.11 Å². The summed E-state index contributed by atoms with van der Waals surface area (Å²) in [4.78, 5) is 0. The molecule has 0 saturated heterocycles. The van der Waals surface area contributed by atoms with Crippen LogP contribution in [0.15, 0.2) is 24.3 Å². The van der Waals surface area contributed by atoms with Crippen molar-refractivity contribution >= 4 is 0 Å². The standard InChI is InChI=1S/C15H23NO/c1-14(2,3)11-5-4-6-12(7-11)15(10-16)8-13(17)9-15/h4-7,13,17H,8-10,16H2,1-3H3. The van der Waals surface area contributed by atoms with E-state index in [-0.39, 0.29) is 16.9 Å². The number of rotatable bonds is 2. The van der Waals surface area contributed by atoms with E-state index in [2.05, 4.69) is 45.0 Å². The Hall–Kier alpha value is -0.860. The third-order valence-electron chi connectivity index (χ3n) is 3.98. The Kier molecular flexibility index (Phi) is 3.04. The van der Waals surface area contributed by atoms with Crippen LogP contribution >= 0.6 is 0 Å². The molecule has 0 unspecified atom stereocenters. The molecule has 0 bridgehead atoms. The van der Waals surface area contributed by atoms with Crippen molar-refractivity contribution in [2.24, 2.45) is 5.73 Å². The minimum Gasteiger partial charge on any atom is -0.393 e. The zero-order valence-electron chi connectivity index (χ0n) is 11.0. The molecule has 17 heavy (non-hydrogen) atoms. The summed E-state index contributed by atoms with van der Waals surface area (Å²) >= 11 is 0. The topological polar surface area (TPSA) is 46.2 Å². The third-order valence-corrected chi connectivity index (χ3v) is 3.98. The molecule has 0 spiro atoms. The average Bonchev–Trinajstić information content (AvgIpc) is 2.23. The minimum absolute atomic E-state index is 0.0146. The first-order valence-electron chi connectivity index (χ1n) is 6.36. The largest absolute Gasteiger partial charge is 0.393 e. The van der Waals surface area contributed by atoms with E-state index in [1.807, 2.05) is 0 Å². The summed E-state index contributed by atoms with van der Waals surface area (Å²) in [6.07, 6.45) is 1.44. The van der Waals surface area contributed by atoms with Gasteiger partial charge in [0.05, 0.1) is 6.10 Å². The van der Waals surface area contributed by atoms with Gasteiger partial charge in [-0.05, 0) is 29.4 Å². The van der Waals surface area contributed by atoms with Gasteiger partial charge in [0.25, 0.3) is 0 Å². The lowest BCUT2D eigenvalue weighted by Crippen LogP contribution is -2.49. The maximum atomic E-state index is 9.55. The fraction of sp³-hybridized carbons (Fsp3) is 0.600. The van der Waals surface area contributed by atoms with Crippen LogP contribution in [0.4, 0.5) is 0 Å². The van der Waals surface area contributed by atoms with Crippen molar-refractivity contribution in [3.8, 4) is 0 Å². The van der Waals surface area contributed by atoms with Crippen molar-refractivity contribution in [3.05, 3.63) is 35.4 Å². The molecule has 0 aliphatic heterocycles. The molecule has 1 fully saturated rings. The molecule has 2 rings (SSSR count). The highest BCUT2D eigenvalue weighted by molar-refractivity contribution is 5.36. The van der Waals surface area contributed by atoms with Crippen LogP contribution in [0.5, 0.6) is 0 Å². The van der Waals surface area contributed by atoms with Crippen LogP contribution < -0.4 is 5.73 Å². The molecule has 1 aliphatic rings. The lowest BCUT2D eigenvalue weighted by Gasteiger charge is -2.45. The van der Waals surface area contributed by atoms with Crippen molar-refractivity contribution in [2.75, 3.05) is 6.54 Å². The number of nitrogens with two attached hydrogens (primary N) is 1. The second kappa shape index (κ2) is 4.11. The van der Waals surface area contributed by atoms with Gasteiger partial charge in [-0.1, -0.05) is 45.0 Å². The fourth-order valence-corrected chi connectivity index (χ4v) is 2.68. The van der Waals surface area contributed by atoms with Crippen molar-refractivity contribution in [1.29, 1.82) is 0 Å². The molecule has 3 N–H and O–H groups in total. The Labute approximate surface area is 104 Å². The summed E-state index contributed by atoms with van der Waals surface area (Å²) in [6.45, 7) is 7.28. The van der Waals surface area contributed by atoms with Crippen LogP contribution in [0.25, 0.3) is 0 Å². The van der Waals surface area contributed by atoms with Gasteiger partial charge in [-0.2, -0.15) is 0 Å². The number of aliphatic hydroxyl groups is 1. The Morgan fingerprint density at radius 3 is 2.47 bits per heavy atom. The highest BCUT2D eigenvalue weighted by Crippen LogP contribution is 2.43. The lowest BCUT2D eigenvalue weighted by molar-refractivity contribution is 0.0221. The zero-order chi connectivity index (χ0) is 12.7. The molecule has 0 aromatic heterocycles. The first kappa shape index (κ1) is 12.6. The molecule has 94 valence electrons. The fourth-order valence-electron chi connectivity index (χ4n) is 2.68. The number of benzene rings is 1. The van der Waals surface area contributed by atoms with E-state index < -0.39 is 0 Å². The van der Waals surface area contributed by atoms with E-state index in [0.717, 1.165) is 12.8 Å². The van der Waals surface area contributed by atoms with Gasteiger partial charge in [0.2, 0.25) is 0 Å². The predicted molar refractivity (Wildman–Crippen MR) is 71.1 cm³/mol. The molecule has 1 aromatic rings. The Bertz CT molecular complexity index is 400. The SMILES string of the molecule is CC(C)(C)c1cccc(C2(CN)CC(O)C2)c1. The van der Waals surface area contributed by atoms with E-state index in [1.165, 1.54) is 11.1 Å². The van der Waals surface area contributed by atoms with Crippen molar-refractivity contribution < 1.29 is 5.11 Å². The van der Waals surface area contributed by atoms with Gasteiger partial charge in [0.15, 0.2) is 0 Å². The summed E-state index contributed by atoms with van der Waals surface area (Å²) in [5.41, 5.74) is 8.71. The van der Waals surface area contributed by atoms with E-state index in [4.69, 9.17) is 5.73 Å². The zero-order valence-corrected chi connectivity index (χ0v) is 11.0. The number of hydrogen-bond acceptors (Lipinski definition) is 2. The van der Waals surface area contributed by atoms with Crippen LogP contribution in [-0.4, -0.2) is 17.8 Å². The van der Waals surface area contributed by atoms with E-state index >= 15 is 0 Å². The van der Waals surface area contributed by atoms with Gasteiger partial charge < -0.3 is 10.8 Å². The number of aliphatic hydroxyl groups excluding tert-OH is 1. The summed E-state index contributed by atoms with van der Waals surface area (Å²) in [7, 11) is 0. The van der Waals surface area contributed by atoms with Crippen molar-refractivity contribution in [3.63, 3.8) is 0 Å². The highest BCUT2D eigenvalue weighted by atomic mass is 16.3. The quantitative estimate of drug-likeness (QED) is 0.823. The Balaban J connectivity index is 2.33. The molecule has 2 heteroatoms. The summed E-state index contributed by atoms with van der Waals surface area (Å²) in [5, 5.41) is 9.55. The lowest BCUT2D eigenvalue weighted by atomic mass is 9.62. The molecule has 1 aromatic carbocycles. The van der Waals surface area contributed by atoms with Crippen molar-refractivity contribution in [2.45, 2.75) is 50.5 Å². The molecule has 2 nitrogen and oxygen atoms in total. The molecule has 0 amide bonds. The molecular weight excluding hydrogens is 210 g/mol. The monoisotopic (exact) mass is 233 g/mol. The first-order chi connectivity index (χ1) is 7.87. The van der Waals surface area contributed by atoms with Crippen LogP contribution in [0, 0.1) is 0 Å². The highest BCUT2D eigenvalue weighted by Gasteiger charge is 2.43. The molecule has 1 aliphatic carbocycles. The van der Waals surface area contributed by atoms with Crippen LogP contribution in [0.1, 0.15) is 44.7 Å². The minimum atomic E-state index is -0.170. The molecule has 0 atom stereocenters. The maximum Gasteiger partial charge on any atom is 0.0558 e. The van der Waals surface area contributed by atoms with Gasteiger partial charge in [-0.3, -0.25) is 0 Å². The van der Waals surface area contributed by atoms with Crippen molar-refractivity contribution in [1.82, 2.24) is 0 Å². The van der Waals surface area contributed by atoms with Crippen LogP contribution in [-0.2, 0) is 10.8 Å². The van der Waals surface area contributed by atoms with Gasteiger partial charge in [0, 0.05) is 12.0 Å². The van der Waals surface area contributed by atoms with Gasteiger partial charge in [-0.25, -0.2) is 0 Å². The van der Waals surface area contributed by atoms with Gasteiger partial charge in [0.1, 0.15) is 0 Å². The summed E-state index contributed by atoms with van der Waals surface area (Å²) in [6, 6.07) is 8.69. The second-order valence-electron chi connectivity index (χ2n) is 6.38. The summed E-state index contributed by atoms with van der Waals surface area (Å²) in [5.74, 6) is 0. The van der Waals surface area contributed by atoms with Crippen LogP contribution in [0.2, 0.25) is 0 Å². The molecule has 0 heterocycles. The first-order valence-corrected chi connectivity index (χ1v) is 6.36. The second-order valence-corrected chi connectivity index (χ2v) is 6.38. The average molecular weight is 233 g/mol. The smallest absolute Gasteiger partial charge is 0.0558 e. The van der Waals surface area contributed by atoms with Gasteiger partial charge in [-0.15, -0.1) is 0 Å². The van der Waals surface area contributed by atoms with E-state index in [0.29, 0.717) is 6.54 Å². The predicted octanol–water partition coefficient (Wildman–Crippen LogP) is 2.34. The third kappa shape index (κ3) is 2.24. The number of hydrogen-bond donors (Lipinski definition) is 2. The maximum absolute atomic E-state index is 9.55. The normalized spacial score (nSPS) is 28.9. The molecular formula is C15H23NO. The van der Waals surface area contributed by atoms with E-state index in [1.54, 1.807) is 0 Å².